The molecule has 0 heterocycles. The molecule has 236 valence electrons. The third-order valence-corrected chi connectivity index (χ3v) is 7.74. The molecule has 4 rings (SSSR count). The molecule has 1 amide bonds. The van der Waals surface area contributed by atoms with Crippen molar-refractivity contribution in [2.24, 2.45) is 0 Å². The van der Waals surface area contributed by atoms with Crippen LogP contribution in [0.15, 0.2) is 54.6 Å². The Morgan fingerprint density at radius 3 is 1.98 bits per heavy atom. The first kappa shape index (κ1) is 32.5. The van der Waals surface area contributed by atoms with Crippen molar-refractivity contribution >= 4 is 46.7 Å². The first-order valence-electron chi connectivity index (χ1n) is 14.2. The van der Waals surface area contributed by atoms with Gasteiger partial charge in [0.25, 0.3) is 0 Å². The highest BCUT2D eigenvalue weighted by Crippen LogP contribution is 2.50. The molecule has 0 atom stereocenters. The minimum atomic E-state index is -1.29. The maximum atomic E-state index is 13.2. The van der Waals surface area contributed by atoms with E-state index in [4.69, 9.17) is 9.84 Å². The molecular formula is C33H35N3O9. The van der Waals surface area contributed by atoms with E-state index >= 15 is 0 Å². The highest BCUT2D eigenvalue weighted by atomic mass is 16.5. The summed E-state index contributed by atoms with van der Waals surface area (Å²) in [5.74, 6) is -4.36. The molecule has 12 nitrogen and oxygen atoms in total. The number of anilines is 3. The number of carboxylic acids is 3. The predicted octanol–water partition coefficient (Wildman–Crippen LogP) is 4.10. The van der Waals surface area contributed by atoms with Gasteiger partial charge in [-0.15, -0.1) is 0 Å². The van der Waals surface area contributed by atoms with Gasteiger partial charge in [0.05, 0.1) is 12.2 Å². The molecule has 0 saturated heterocycles. The topological polar surface area (TPSA) is 174 Å². The second kappa shape index (κ2) is 13.1. The molecule has 4 N–H and O–H groups in total. The third kappa shape index (κ3) is 7.23. The Balaban J connectivity index is 1.56. The number of rotatable bonds is 14. The number of nitrogens with zero attached hydrogens (tertiary/aromatic N) is 2. The summed E-state index contributed by atoms with van der Waals surface area (Å²) in [6, 6.07) is 16.0. The van der Waals surface area contributed by atoms with Crippen molar-refractivity contribution in [3.05, 3.63) is 71.3 Å². The standard InChI is InChI=1S/C33H35N3O9/c1-5-35(22-8-10-24-23-9-6-20(19(2)37)12-25(23)33(3,4)26(24)14-22)15-29(38)34-21-7-11-27(28(13-21)45-18-32(43)44)36(16-30(39)40)17-31(41)42/h6-14H,5,15-18H2,1-4H3,(H,34,38)(H,39,40)(H,41,42)(H,43,44). The van der Waals surface area contributed by atoms with Crippen molar-refractivity contribution in [3.63, 3.8) is 0 Å². The zero-order valence-corrected chi connectivity index (χ0v) is 25.4. The number of hydrogen-bond donors (Lipinski definition) is 4. The van der Waals surface area contributed by atoms with Crippen molar-refractivity contribution in [3.8, 4) is 16.9 Å². The van der Waals surface area contributed by atoms with Crippen molar-refractivity contribution < 1.29 is 44.0 Å². The number of carbonyl (C=O) groups excluding carboxylic acids is 2. The number of fused-ring (bicyclic) bond motifs is 3. The van der Waals surface area contributed by atoms with Crippen molar-refractivity contribution in [1.82, 2.24) is 0 Å². The number of aliphatic carboxylic acids is 3. The molecule has 3 aromatic carbocycles. The number of nitrogens with one attached hydrogen (secondary N) is 1. The molecule has 0 unspecified atom stereocenters. The molecular weight excluding hydrogens is 582 g/mol. The Kier molecular flexibility index (Phi) is 9.46. The van der Waals surface area contributed by atoms with E-state index in [-0.39, 0.29) is 40.8 Å². The Labute approximate surface area is 259 Å². The SMILES string of the molecule is CCN(CC(=O)Nc1ccc(N(CC(=O)O)CC(=O)O)c(OCC(=O)O)c1)c1ccc2c(c1)C(C)(C)c1cc(C(C)=O)ccc1-2. The van der Waals surface area contributed by atoms with Crippen LogP contribution in [0.5, 0.6) is 5.75 Å². The molecule has 12 heteroatoms. The second-order valence-corrected chi connectivity index (χ2v) is 11.2. The van der Waals surface area contributed by atoms with Gasteiger partial charge in [0.15, 0.2) is 12.4 Å². The van der Waals surface area contributed by atoms with Gasteiger partial charge in [-0.05, 0) is 66.4 Å². The Hall–Kier alpha value is -5.39. The van der Waals surface area contributed by atoms with E-state index in [1.165, 1.54) is 18.2 Å². The molecule has 0 bridgehead atoms. The molecule has 0 aromatic heterocycles. The molecule has 0 saturated carbocycles. The van der Waals surface area contributed by atoms with Crippen LogP contribution in [-0.4, -0.2) is 77.7 Å². The number of amides is 1. The normalized spacial score (nSPS) is 12.4. The van der Waals surface area contributed by atoms with E-state index in [1.54, 1.807) is 6.92 Å². The van der Waals surface area contributed by atoms with Crippen molar-refractivity contribution in [1.29, 1.82) is 0 Å². The van der Waals surface area contributed by atoms with Crippen LogP contribution in [0.25, 0.3) is 11.1 Å². The molecule has 0 radical (unpaired) electrons. The van der Waals surface area contributed by atoms with Crippen molar-refractivity contribution in [2.45, 2.75) is 33.1 Å². The number of Topliss-reactive ketones (excluding diaryl/α,β-unsaturated/α-hetero) is 1. The van der Waals surface area contributed by atoms with Gasteiger partial charge >= 0.3 is 17.9 Å². The molecule has 1 aliphatic rings. The number of ketones is 1. The molecule has 3 aromatic rings. The number of ether oxygens (including phenoxy) is 1. The van der Waals surface area contributed by atoms with E-state index in [0.29, 0.717) is 12.1 Å². The Morgan fingerprint density at radius 1 is 0.778 bits per heavy atom. The summed E-state index contributed by atoms with van der Waals surface area (Å²) in [4.78, 5) is 62.0. The van der Waals surface area contributed by atoms with Crippen LogP contribution in [0.2, 0.25) is 0 Å². The number of likely N-dealkylation sites (N-methyl/N-ethyl adjacent to an activating group) is 1. The van der Waals surface area contributed by atoms with Gasteiger partial charge in [-0.1, -0.05) is 32.0 Å². The lowest BCUT2D eigenvalue weighted by Gasteiger charge is -2.26. The fourth-order valence-corrected chi connectivity index (χ4v) is 5.56. The molecule has 45 heavy (non-hydrogen) atoms. The first-order valence-corrected chi connectivity index (χ1v) is 14.2. The van der Waals surface area contributed by atoms with Gasteiger partial charge in [-0.3, -0.25) is 19.2 Å². The van der Waals surface area contributed by atoms with Crippen LogP contribution in [0.3, 0.4) is 0 Å². The number of hydrogen-bond acceptors (Lipinski definition) is 8. The van der Waals surface area contributed by atoms with Crippen LogP contribution in [0, 0.1) is 0 Å². The maximum absolute atomic E-state index is 13.2. The Bertz CT molecular complexity index is 1670. The average Bonchev–Trinajstić information content (AvgIpc) is 3.19. The van der Waals surface area contributed by atoms with E-state index in [9.17, 15) is 34.2 Å². The fourth-order valence-electron chi connectivity index (χ4n) is 5.56. The molecule has 1 aliphatic carbocycles. The number of carboxylic acid groups (broad SMARTS) is 3. The summed E-state index contributed by atoms with van der Waals surface area (Å²) in [7, 11) is 0. The van der Waals surface area contributed by atoms with Crippen LogP contribution in [0.1, 0.15) is 49.2 Å². The van der Waals surface area contributed by atoms with E-state index in [0.717, 1.165) is 32.8 Å². The summed E-state index contributed by atoms with van der Waals surface area (Å²) in [6.45, 7) is 6.06. The molecule has 0 spiro atoms. The van der Waals surface area contributed by atoms with Crippen LogP contribution >= 0.6 is 0 Å². The van der Waals surface area contributed by atoms with Gasteiger partial charge in [0.1, 0.15) is 18.8 Å². The molecule has 0 fully saturated rings. The van der Waals surface area contributed by atoms with Crippen LogP contribution < -0.4 is 19.9 Å². The van der Waals surface area contributed by atoms with Gasteiger partial charge in [-0.2, -0.15) is 0 Å². The monoisotopic (exact) mass is 617 g/mol. The first-order chi connectivity index (χ1) is 21.2. The highest BCUT2D eigenvalue weighted by Gasteiger charge is 2.36. The summed E-state index contributed by atoms with van der Waals surface area (Å²) < 4.78 is 5.34. The van der Waals surface area contributed by atoms with Gasteiger partial charge in [0.2, 0.25) is 5.91 Å². The van der Waals surface area contributed by atoms with Crippen LogP contribution in [-0.2, 0) is 24.6 Å². The van der Waals surface area contributed by atoms with Gasteiger partial charge < -0.3 is 35.2 Å². The zero-order valence-electron chi connectivity index (χ0n) is 25.4. The van der Waals surface area contributed by atoms with Gasteiger partial charge in [-0.25, -0.2) is 4.79 Å². The minimum absolute atomic E-state index is 0.00136. The summed E-state index contributed by atoms with van der Waals surface area (Å²) in [5, 5.41) is 30.4. The van der Waals surface area contributed by atoms with E-state index < -0.39 is 37.6 Å². The molecule has 0 aliphatic heterocycles. The lowest BCUT2D eigenvalue weighted by Crippen LogP contribution is -2.35. The van der Waals surface area contributed by atoms with Crippen molar-refractivity contribution in [2.75, 3.05) is 47.9 Å². The largest absolute Gasteiger partial charge is 0.480 e. The summed E-state index contributed by atoms with van der Waals surface area (Å²) in [5.41, 5.74) is 5.71. The zero-order chi connectivity index (χ0) is 33.1. The van der Waals surface area contributed by atoms with E-state index in [1.807, 2.05) is 42.2 Å². The highest BCUT2D eigenvalue weighted by molar-refractivity contribution is 5.97. The van der Waals surface area contributed by atoms with Crippen LogP contribution in [0.4, 0.5) is 17.1 Å². The lowest BCUT2D eigenvalue weighted by molar-refractivity contribution is -0.140. The lowest BCUT2D eigenvalue weighted by atomic mass is 9.81. The smallest absolute Gasteiger partial charge is 0.341 e. The Morgan fingerprint density at radius 2 is 1.40 bits per heavy atom. The van der Waals surface area contributed by atoms with E-state index in [2.05, 4.69) is 25.2 Å². The number of benzene rings is 3. The minimum Gasteiger partial charge on any atom is -0.480 e. The summed E-state index contributed by atoms with van der Waals surface area (Å²) >= 11 is 0. The fraction of sp³-hybridized carbons (Fsp3) is 0.303. The number of carbonyl (C=O) groups is 5. The predicted molar refractivity (Wildman–Crippen MR) is 168 cm³/mol. The average molecular weight is 618 g/mol. The summed E-state index contributed by atoms with van der Waals surface area (Å²) in [6.07, 6.45) is 0. The maximum Gasteiger partial charge on any atom is 0.341 e. The van der Waals surface area contributed by atoms with Gasteiger partial charge in [0, 0.05) is 35.0 Å². The third-order valence-electron chi connectivity index (χ3n) is 7.74. The second-order valence-electron chi connectivity index (χ2n) is 11.2. The quantitative estimate of drug-likeness (QED) is 0.192.